The van der Waals surface area contributed by atoms with Gasteiger partial charge in [-0.05, 0) is 32.1 Å². The summed E-state index contributed by atoms with van der Waals surface area (Å²) in [5.74, 6) is 0. The Morgan fingerprint density at radius 3 is 0.600 bits per heavy atom. The van der Waals surface area contributed by atoms with E-state index < -0.39 is 0 Å². The van der Waals surface area contributed by atoms with Crippen molar-refractivity contribution in [3.8, 4) is 0 Å². The molecule has 0 aliphatic rings. The van der Waals surface area contributed by atoms with Crippen molar-refractivity contribution < 1.29 is 4.48 Å². The van der Waals surface area contributed by atoms with Gasteiger partial charge in [0.2, 0.25) is 0 Å². The van der Waals surface area contributed by atoms with Crippen LogP contribution < -0.4 is 0 Å². The molecule has 0 saturated carbocycles. The van der Waals surface area contributed by atoms with Gasteiger partial charge < -0.3 is 4.48 Å². The Kier molecular flexibility index (Phi) is 33.4. The van der Waals surface area contributed by atoms with Crippen molar-refractivity contribution >= 4 is 0 Å². The summed E-state index contributed by atoms with van der Waals surface area (Å²) in [6.45, 7) is 15.1. The van der Waals surface area contributed by atoms with E-state index in [1.807, 2.05) is 0 Å². The molecule has 0 spiro atoms. The average molecular weight is 565 g/mol. The Hall–Kier alpha value is -0.0400. The Morgan fingerprint density at radius 1 is 0.200 bits per heavy atom. The topological polar surface area (TPSA) is 0 Å². The summed E-state index contributed by atoms with van der Waals surface area (Å²) in [6, 6.07) is 0. The van der Waals surface area contributed by atoms with Crippen LogP contribution in [0.15, 0.2) is 0 Å². The molecule has 0 aliphatic heterocycles. The van der Waals surface area contributed by atoms with Crippen LogP contribution in [0.4, 0.5) is 0 Å². The standard InChI is InChI=1S/C39H82N/c1-5-9-10-11-12-13-14-15-16-17-18-19-20-21-22-23-24-25-26-27-28-29-30-31-32-33-34-35-39-40(36-6-2,37-7-3)38-8-4/h5-39H2,1-4H3/q+1. The van der Waals surface area contributed by atoms with Crippen LogP contribution in [-0.2, 0) is 0 Å². The molecule has 40 heavy (non-hydrogen) atoms. The molecular weight excluding hydrogens is 482 g/mol. The van der Waals surface area contributed by atoms with E-state index in [9.17, 15) is 0 Å². The van der Waals surface area contributed by atoms with E-state index in [1.54, 1.807) is 0 Å². The minimum Gasteiger partial charge on any atom is -0.324 e. The first-order valence-electron chi connectivity index (χ1n) is 19.6. The van der Waals surface area contributed by atoms with Crippen LogP contribution in [-0.4, -0.2) is 30.7 Å². The van der Waals surface area contributed by atoms with Crippen LogP contribution in [0.3, 0.4) is 0 Å². The molecule has 0 aromatic heterocycles. The maximum atomic E-state index is 2.38. The number of nitrogens with zero attached hydrogens (tertiary/aromatic N) is 1. The van der Waals surface area contributed by atoms with Gasteiger partial charge in [0.15, 0.2) is 0 Å². The number of hydrogen-bond donors (Lipinski definition) is 0. The molecule has 1 heteroatoms. The molecule has 0 saturated heterocycles. The highest BCUT2D eigenvalue weighted by Gasteiger charge is 2.23. The maximum Gasteiger partial charge on any atom is 0.0786 e. The molecule has 0 aliphatic carbocycles. The van der Waals surface area contributed by atoms with E-state index in [0.29, 0.717) is 0 Å². The molecule has 0 heterocycles. The molecule has 0 fully saturated rings. The van der Waals surface area contributed by atoms with E-state index in [0.717, 1.165) is 0 Å². The van der Waals surface area contributed by atoms with E-state index in [-0.39, 0.29) is 0 Å². The minimum absolute atomic E-state index is 1.35. The summed E-state index contributed by atoms with van der Waals surface area (Å²) in [4.78, 5) is 0. The Bertz CT molecular complexity index is 427. The summed E-state index contributed by atoms with van der Waals surface area (Å²) < 4.78 is 1.41. The first-order valence-corrected chi connectivity index (χ1v) is 19.6. The SMILES string of the molecule is CCCCCCCCCCCCCCCCCCCCCCCCCCCCCC[N+](CCC)(CCC)CCC. The molecule has 242 valence electrons. The fourth-order valence-corrected chi connectivity index (χ4v) is 7.21. The van der Waals surface area contributed by atoms with Crippen molar-refractivity contribution in [2.75, 3.05) is 26.2 Å². The van der Waals surface area contributed by atoms with Gasteiger partial charge in [-0.1, -0.05) is 195 Å². The minimum atomic E-state index is 1.35. The van der Waals surface area contributed by atoms with Crippen LogP contribution >= 0.6 is 0 Å². The van der Waals surface area contributed by atoms with Crippen molar-refractivity contribution in [2.45, 2.75) is 227 Å². The third-order valence-electron chi connectivity index (χ3n) is 9.58. The molecule has 0 rings (SSSR count). The van der Waals surface area contributed by atoms with Gasteiger partial charge in [0, 0.05) is 0 Å². The van der Waals surface area contributed by atoms with Crippen LogP contribution in [0.2, 0.25) is 0 Å². The fraction of sp³-hybridized carbons (Fsp3) is 1.00. The van der Waals surface area contributed by atoms with Gasteiger partial charge in [0.05, 0.1) is 26.2 Å². The van der Waals surface area contributed by atoms with Crippen LogP contribution in [0.5, 0.6) is 0 Å². The lowest BCUT2D eigenvalue weighted by atomic mass is 10.0. The average Bonchev–Trinajstić information content (AvgIpc) is 2.95. The number of unbranched alkanes of at least 4 members (excludes halogenated alkanes) is 27. The third kappa shape index (κ3) is 28.1. The second kappa shape index (κ2) is 33.5. The van der Waals surface area contributed by atoms with Crippen molar-refractivity contribution in [3.05, 3.63) is 0 Å². The highest BCUT2D eigenvalue weighted by atomic mass is 15.3. The highest BCUT2D eigenvalue weighted by Crippen LogP contribution is 2.18. The summed E-state index contributed by atoms with van der Waals surface area (Å²) in [7, 11) is 0. The molecule has 0 aromatic carbocycles. The molecular formula is C39H82N+. The molecule has 0 bridgehead atoms. The summed E-state index contributed by atoms with van der Waals surface area (Å²) in [5, 5.41) is 0. The van der Waals surface area contributed by atoms with Crippen molar-refractivity contribution in [1.29, 1.82) is 0 Å². The lowest BCUT2D eigenvalue weighted by Crippen LogP contribution is -2.50. The van der Waals surface area contributed by atoms with E-state index in [4.69, 9.17) is 0 Å². The lowest BCUT2D eigenvalue weighted by Gasteiger charge is -2.38. The van der Waals surface area contributed by atoms with Gasteiger partial charge >= 0.3 is 0 Å². The first kappa shape index (κ1) is 40.0. The van der Waals surface area contributed by atoms with E-state index in [1.165, 1.54) is 230 Å². The lowest BCUT2D eigenvalue weighted by molar-refractivity contribution is -0.928. The van der Waals surface area contributed by atoms with Gasteiger partial charge in [-0.3, -0.25) is 0 Å². The molecule has 0 amide bonds. The Labute approximate surface area is 257 Å². The van der Waals surface area contributed by atoms with Crippen LogP contribution in [0, 0.1) is 0 Å². The molecule has 0 atom stereocenters. The zero-order chi connectivity index (χ0) is 29.2. The predicted octanol–water partition coefficient (Wildman–Crippen LogP) is 14.0. The van der Waals surface area contributed by atoms with Gasteiger partial charge in [0.25, 0.3) is 0 Å². The number of rotatable bonds is 35. The zero-order valence-electron chi connectivity index (χ0n) is 29.2. The molecule has 0 aromatic rings. The smallest absolute Gasteiger partial charge is 0.0786 e. The molecule has 1 nitrogen and oxygen atoms in total. The largest absolute Gasteiger partial charge is 0.324 e. The van der Waals surface area contributed by atoms with Gasteiger partial charge in [-0.25, -0.2) is 0 Å². The molecule has 0 N–H and O–H groups in total. The maximum absolute atomic E-state index is 2.38. The molecule has 0 radical (unpaired) electrons. The monoisotopic (exact) mass is 565 g/mol. The second-order valence-electron chi connectivity index (χ2n) is 13.8. The van der Waals surface area contributed by atoms with Crippen molar-refractivity contribution in [2.24, 2.45) is 0 Å². The van der Waals surface area contributed by atoms with Gasteiger partial charge in [0.1, 0.15) is 0 Å². The van der Waals surface area contributed by atoms with Crippen LogP contribution in [0.25, 0.3) is 0 Å². The zero-order valence-corrected chi connectivity index (χ0v) is 29.2. The summed E-state index contributed by atoms with van der Waals surface area (Å²) in [6.07, 6.45) is 45.5. The normalized spacial score (nSPS) is 12.0. The summed E-state index contributed by atoms with van der Waals surface area (Å²) in [5.41, 5.74) is 0. The highest BCUT2D eigenvalue weighted by molar-refractivity contribution is 4.53. The predicted molar refractivity (Wildman–Crippen MR) is 186 cm³/mol. The fourth-order valence-electron chi connectivity index (χ4n) is 7.21. The number of hydrogen-bond acceptors (Lipinski definition) is 0. The third-order valence-corrected chi connectivity index (χ3v) is 9.58. The Balaban J connectivity index is 3.26. The van der Waals surface area contributed by atoms with Crippen molar-refractivity contribution in [3.63, 3.8) is 0 Å². The molecule has 0 unspecified atom stereocenters. The van der Waals surface area contributed by atoms with Gasteiger partial charge in [-0.15, -0.1) is 0 Å². The van der Waals surface area contributed by atoms with Crippen LogP contribution in [0.1, 0.15) is 227 Å². The first-order chi connectivity index (χ1) is 19.7. The summed E-state index contributed by atoms with van der Waals surface area (Å²) >= 11 is 0. The number of quaternary nitrogens is 1. The second-order valence-corrected chi connectivity index (χ2v) is 13.8. The van der Waals surface area contributed by atoms with E-state index >= 15 is 0 Å². The Morgan fingerprint density at radius 2 is 0.400 bits per heavy atom. The quantitative estimate of drug-likeness (QED) is 0.0530. The van der Waals surface area contributed by atoms with Gasteiger partial charge in [-0.2, -0.15) is 0 Å². The van der Waals surface area contributed by atoms with E-state index in [2.05, 4.69) is 27.7 Å². The van der Waals surface area contributed by atoms with Crippen molar-refractivity contribution in [1.82, 2.24) is 0 Å².